The third kappa shape index (κ3) is 3.43. The first kappa shape index (κ1) is 18.3. The molecule has 0 saturated heterocycles. The summed E-state index contributed by atoms with van der Waals surface area (Å²) >= 11 is 0. The van der Waals surface area contributed by atoms with Crippen molar-refractivity contribution < 1.29 is 4.79 Å². The fourth-order valence-electron chi connectivity index (χ4n) is 2.81. The zero-order chi connectivity index (χ0) is 19.7. The topological polar surface area (TPSA) is 103 Å². The van der Waals surface area contributed by atoms with Gasteiger partial charge in [-0.3, -0.25) is 18.7 Å². The standard InChI is InChI=1S/C18H20N6O3/c1-11-7-5-6-8-13(11)20-12(2)21-14(25)9-24-10-19-16-15(24)17(26)23(4)18(27)22(16)3/h5-8,10H,9H2,1-4H3,(H,20,21,25). The number of carbonyl (C=O) groups excluding carboxylic acids is 1. The van der Waals surface area contributed by atoms with Crippen molar-refractivity contribution in [1.82, 2.24) is 24.0 Å². The number of nitrogens with zero attached hydrogens (tertiary/aromatic N) is 5. The van der Waals surface area contributed by atoms with Gasteiger partial charge in [0.1, 0.15) is 12.4 Å². The van der Waals surface area contributed by atoms with E-state index in [1.807, 2.05) is 31.2 Å². The second-order valence-corrected chi connectivity index (χ2v) is 6.28. The number of hydrogen-bond donors (Lipinski definition) is 1. The van der Waals surface area contributed by atoms with Crippen molar-refractivity contribution >= 4 is 28.6 Å². The van der Waals surface area contributed by atoms with E-state index < -0.39 is 11.2 Å². The summed E-state index contributed by atoms with van der Waals surface area (Å²) in [6.45, 7) is 3.51. The Morgan fingerprint density at radius 3 is 2.59 bits per heavy atom. The van der Waals surface area contributed by atoms with Gasteiger partial charge in [-0.05, 0) is 25.5 Å². The monoisotopic (exact) mass is 368 g/mol. The quantitative estimate of drug-likeness (QED) is 0.540. The maximum absolute atomic E-state index is 12.4. The summed E-state index contributed by atoms with van der Waals surface area (Å²) in [6, 6.07) is 7.59. The van der Waals surface area contributed by atoms with Crippen LogP contribution >= 0.6 is 0 Å². The number of aromatic nitrogens is 4. The molecule has 3 aromatic rings. The third-order valence-electron chi connectivity index (χ3n) is 4.26. The van der Waals surface area contributed by atoms with Crippen molar-refractivity contribution in [3.63, 3.8) is 0 Å². The van der Waals surface area contributed by atoms with Gasteiger partial charge in [0.25, 0.3) is 5.56 Å². The van der Waals surface area contributed by atoms with E-state index >= 15 is 0 Å². The molecule has 140 valence electrons. The van der Waals surface area contributed by atoms with E-state index in [1.165, 1.54) is 29.6 Å². The number of fused-ring (bicyclic) bond motifs is 1. The van der Waals surface area contributed by atoms with Crippen LogP contribution in [0.5, 0.6) is 0 Å². The number of aryl methyl sites for hydroxylation is 2. The lowest BCUT2D eigenvalue weighted by Crippen LogP contribution is -2.38. The van der Waals surface area contributed by atoms with Gasteiger partial charge in [-0.2, -0.15) is 0 Å². The van der Waals surface area contributed by atoms with Crippen LogP contribution in [0.1, 0.15) is 12.5 Å². The number of amidine groups is 1. The van der Waals surface area contributed by atoms with Gasteiger partial charge in [-0.1, -0.05) is 18.2 Å². The van der Waals surface area contributed by atoms with Crippen molar-refractivity contribution in [1.29, 1.82) is 0 Å². The molecule has 0 aliphatic rings. The molecule has 0 spiro atoms. The van der Waals surface area contributed by atoms with Crippen molar-refractivity contribution in [3.8, 4) is 0 Å². The van der Waals surface area contributed by atoms with Crippen molar-refractivity contribution in [2.75, 3.05) is 0 Å². The number of benzene rings is 1. The summed E-state index contributed by atoms with van der Waals surface area (Å²) in [5.41, 5.74) is 1.24. The Hall–Kier alpha value is -3.49. The SMILES string of the molecule is CC(=Nc1ccccc1C)NC(=O)Cn1cnc2c1c(=O)n(C)c(=O)n2C. The highest BCUT2D eigenvalue weighted by molar-refractivity contribution is 5.98. The molecule has 9 nitrogen and oxygen atoms in total. The van der Waals surface area contributed by atoms with E-state index in [0.717, 1.165) is 15.8 Å². The minimum atomic E-state index is -0.497. The molecule has 0 unspecified atom stereocenters. The number of imidazole rings is 1. The maximum Gasteiger partial charge on any atom is 0.332 e. The molecule has 3 rings (SSSR count). The largest absolute Gasteiger partial charge is 0.332 e. The molecular weight excluding hydrogens is 348 g/mol. The summed E-state index contributed by atoms with van der Waals surface area (Å²) < 4.78 is 3.69. The van der Waals surface area contributed by atoms with Gasteiger partial charge in [0.05, 0.1) is 12.0 Å². The lowest BCUT2D eigenvalue weighted by molar-refractivity contribution is -0.120. The molecule has 1 aromatic carbocycles. The summed E-state index contributed by atoms with van der Waals surface area (Å²) in [7, 11) is 2.92. The number of amides is 1. The maximum atomic E-state index is 12.4. The lowest BCUT2D eigenvalue weighted by Gasteiger charge is -2.08. The first-order valence-corrected chi connectivity index (χ1v) is 8.31. The number of aliphatic imine (C=N–C) groups is 1. The highest BCUT2D eigenvalue weighted by atomic mass is 16.2. The van der Waals surface area contributed by atoms with Gasteiger partial charge in [-0.15, -0.1) is 0 Å². The number of para-hydroxylation sites is 1. The average molecular weight is 368 g/mol. The number of carbonyl (C=O) groups is 1. The van der Waals surface area contributed by atoms with Gasteiger partial charge in [-0.25, -0.2) is 14.8 Å². The molecule has 0 atom stereocenters. The van der Waals surface area contributed by atoms with E-state index in [9.17, 15) is 14.4 Å². The molecule has 0 aliphatic heterocycles. The van der Waals surface area contributed by atoms with E-state index in [4.69, 9.17) is 0 Å². The van der Waals surface area contributed by atoms with Crippen molar-refractivity contribution in [3.05, 3.63) is 57.0 Å². The average Bonchev–Trinajstić information content (AvgIpc) is 3.03. The molecule has 27 heavy (non-hydrogen) atoms. The highest BCUT2D eigenvalue weighted by Crippen LogP contribution is 2.16. The number of hydrogen-bond acceptors (Lipinski definition) is 5. The summed E-state index contributed by atoms with van der Waals surface area (Å²) in [6.07, 6.45) is 1.37. The third-order valence-corrected chi connectivity index (χ3v) is 4.26. The van der Waals surface area contributed by atoms with Crippen LogP contribution in [0.25, 0.3) is 11.2 Å². The van der Waals surface area contributed by atoms with Gasteiger partial charge < -0.3 is 9.88 Å². The van der Waals surface area contributed by atoms with E-state index in [2.05, 4.69) is 15.3 Å². The number of rotatable bonds is 3. The molecule has 1 amide bonds. The summed E-state index contributed by atoms with van der Waals surface area (Å²) in [4.78, 5) is 45.2. The predicted octanol–water partition coefficient (Wildman–Crippen LogP) is 0.608. The Morgan fingerprint density at radius 1 is 1.19 bits per heavy atom. The summed E-state index contributed by atoms with van der Waals surface area (Å²) in [5, 5.41) is 2.70. The van der Waals surface area contributed by atoms with Gasteiger partial charge in [0, 0.05) is 14.1 Å². The smallest absolute Gasteiger partial charge is 0.315 e. The Labute approximate surface area is 154 Å². The van der Waals surface area contributed by atoms with Crippen LogP contribution in [0.15, 0.2) is 45.2 Å². The molecule has 0 fully saturated rings. The van der Waals surface area contributed by atoms with Crippen LogP contribution in [0.4, 0.5) is 5.69 Å². The molecular formula is C18H20N6O3. The van der Waals surface area contributed by atoms with Gasteiger partial charge >= 0.3 is 5.69 Å². The Morgan fingerprint density at radius 2 is 1.89 bits per heavy atom. The second-order valence-electron chi connectivity index (χ2n) is 6.28. The van der Waals surface area contributed by atoms with Crippen LogP contribution in [0.2, 0.25) is 0 Å². The van der Waals surface area contributed by atoms with Gasteiger partial charge in [0.2, 0.25) is 5.91 Å². The van der Waals surface area contributed by atoms with E-state index in [0.29, 0.717) is 5.84 Å². The summed E-state index contributed by atoms with van der Waals surface area (Å²) in [5.74, 6) is 0.0964. The lowest BCUT2D eigenvalue weighted by atomic mass is 10.2. The zero-order valence-electron chi connectivity index (χ0n) is 15.6. The first-order valence-electron chi connectivity index (χ1n) is 8.31. The molecule has 0 bridgehead atoms. The Bertz CT molecular complexity index is 1180. The highest BCUT2D eigenvalue weighted by Gasteiger charge is 2.16. The minimum Gasteiger partial charge on any atom is -0.315 e. The molecule has 2 aromatic heterocycles. The Balaban J connectivity index is 1.86. The van der Waals surface area contributed by atoms with Crippen LogP contribution in [0.3, 0.4) is 0 Å². The van der Waals surface area contributed by atoms with Gasteiger partial charge in [0.15, 0.2) is 11.2 Å². The van der Waals surface area contributed by atoms with E-state index in [-0.39, 0.29) is 23.6 Å². The van der Waals surface area contributed by atoms with Crippen LogP contribution < -0.4 is 16.6 Å². The van der Waals surface area contributed by atoms with E-state index in [1.54, 1.807) is 6.92 Å². The Kier molecular flexibility index (Phi) is 4.76. The van der Waals surface area contributed by atoms with Crippen molar-refractivity contribution in [2.24, 2.45) is 19.1 Å². The molecule has 0 aliphatic carbocycles. The van der Waals surface area contributed by atoms with Crippen LogP contribution in [0, 0.1) is 6.92 Å². The second kappa shape index (κ2) is 7.02. The first-order chi connectivity index (χ1) is 12.8. The fraction of sp³-hybridized carbons (Fsp3) is 0.278. The molecule has 2 heterocycles. The molecule has 9 heteroatoms. The predicted molar refractivity (Wildman–Crippen MR) is 102 cm³/mol. The van der Waals surface area contributed by atoms with Crippen molar-refractivity contribution in [2.45, 2.75) is 20.4 Å². The number of nitrogens with one attached hydrogen (secondary N) is 1. The molecule has 0 radical (unpaired) electrons. The molecule has 1 N–H and O–H groups in total. The minimum absolute atomic E-state index is 0.120. The van der Waals surface area contributed by atoms with Crippen LogP contribution in [-0.2, 0) is 25.4 Å². The fourth-order valence-corrected chi connectivity index (χ4v) is 2.81. The normalized spacial score (nSPS) is 11.8. The zero-order valence-corrected chi connectivity index (χ0v) is 15.6. The molecule has 0 saturated carbocycles. The van der Waals surface area contributed by atoms with Crippen LogP contribution in [-0.4, -0.2) is 30.4 Å².